The summed E-state index contributed by atoms with van der Waals surface area (Å²) in [5.41, 5.74) is 3.19. The molecule has 2 unspecified atom stereocenters. The predicted octanol–water partition coefficient (Wildman–Crippen LogP) is 4.03. The minimum absolute atomic E-state index is 0.115. The molecule has 5 rings (SSSR count). The van der Waals surface area contributed by atoms with Gasteiger partial charge < -0.3 is 14.6 Å². The van der Waals surface area contributed by atoms with E-state index >= 15 is 0 Å². The molecule has 0 spiro atoms. The lowest BCUT2D eigenvalue weighted by atomic mass is 9.98. The van der Waals surface area contributed by atoms with Crippen LogP contribution in [-0.4, -0.2) is 66.9 Å². The number of carbonyl (C=O) groups excluding carboxylic acids is 1. The number of morpholine rings is 1. The largest absolute Gasteiger partial charge is 0.373 e. The molecule has 2 atom stereocenters. The fraction of sp³-hybridized carbons (Fsp3) is 0.346. The highest BCUT2D eigenvalue weighted by Crippen LogP contribution is 2.30. The summed E-state index contributed by atoms with van der Waals surface area (Å²) in [6.07, 6.45) is 4.14. The summed E-state index contributed by atoms with van der Waals surface area (Å²) in [5.74, 6) is -0.496. The molecular formula is C26H28FN3O4S. The minimum Gasteiger partial charge on any atom is -0.373 e. The second-order valence-electron chi connectivity index (χ2n) is 9.23. The zero-order valence-electron chi connectivity index (χ0n) is 19.7. The van der Waals surface area contributed by atoms with Gasteiger partial charge in [-0.25, -0.2) is 12.8 Å². The summed E-state index contributed by atoms with van der Waals surface area (Å²) in [6, 6.07) is 10.9. The van der Waals surface area contributed by atoms with Crippen LogP contribution in [-0.2, 0) is 14.8 Å². The van der Waals surface area contributed by atoms with Gasteiger partial charge in [0.1, 0.15) is 5.82 Å². The molecule has 0 aliphatic carbocycles. The standard InChI is InChI=1S/C26H28FN3O4S/c1-17-15-30(16-18(2)34-17)35(32,33)22-5-3-4-20(12-22)26(31)29-10-8-19(9-11-29)24-14-28-25-13-21(27)6-7-23(24)25/h3-8,12-14,17-18,28H,9-11,15-16H2,1-2H3. The summed E-state index contributed by atoms with van der Waals surface area (Å²) < 4.78 is 47.1. The second-order valence-corrected chi connectivity index (χ2v) is 11.2. The molecule has 7 nitrogen and oxygen atoms in total. The lowest BCUT2D eigenvalue weighted by Gasteiger charge is -2.34. The van der Waals surface area contributed by atoms with Gasteiger partial charge in [0.15, 0.2) is 0 Å². The van der Waals surface area contributed by atoms with E-state index in [1.165, 1.54) is 28.6 Å². The third-order valence-corrected chi connectivity index (χ3v) is 8.42. The maximum Gasteiger partial charge on any atom is 0.254 e. The van der Waals surface area contributed by atoms with Crippen molar-refractivity contribution in [1.29, 1.82) is 0 Å². The SMILES string of the molecule is CC1CN(S(=O)(=O)c2cccc(C(=O)N3CC=C(c4c[nH]c5cc(F)ccc45)CC3)c2)CC(C)O1. The molecule has 1 N–H and O–H groups in total. The smallest absolute Gasteiger partial charge is 0.254 e. The van der Waals surface area contributed by atoms with E-state index in [1.54, 1.807) is 23.1 Å². The van der Waals surface area contributed by atoms with E-state index in [1.807, 2.05) is 26.1 Å². The summed E-state index contributed by atoms with van der Waals surface area (Å²) >= 11 is 0. The van der Waals surface area contributed by atoms with E-state index in [4.69, 9.17) is 4.74 Å². The number of aromatic amines is 1. The Morgan fingerprint density at radius 1 is 1.11 bits per heavy atom. The Labute approximate surface area is 204 Å². The fourth-order valence-electron chi connectivity index (χ4n) is 4.91. The zero-order chi connectivity index (χ0) is 24.7. The quantitative estimate of drug-likeness (QED) is 0.590. The number of nitrogens with one attached hydrogen (secondary N) is 1. The monoisotopic (exact) mass is 497 g/mol. The highest BCUT2D eigenvalue weighted by atomic mass is 32.2. The van der Waals surface area contributed by atoms with Gasteiger partial charge in [-0.15, -0.1) is 0 Å². The normalized spacial score (nSPS) is 21.8. The van der Waals surface area contributed by atoms with E-state index in [0.717, 1.165) is 22.0 Å². The van der Waals surface area contributed by atoms with E-state index in [2.05, 4.69) is 4.98 Å². The van der Waals surface area contributed by atoms with Crippen LogP contribution in [0.15, 0.2) is 59.6 Å². The number of hydrogen-bond acceptors (Lipinski definition) is 4. The van der Waals surface area contributed by atoms with Crippen LogP contribution in [0.4, 0.5) is 4.39 Å². The predicted molar refractivity (Wildman–Crippen MR) is 132 cm³/mol. The lowest BCUT2D eigenvalue weighted by Crippen LogP contribution is -2.48. The Morgan fingerprint density at radius 3 is 2.60 bits per heavy atom. The first-order chi connectivity index (χ1) is 16.7. The van der Waals surface area contributed by atoms with Crippen molar-refractivity contribution in [2.24, 2.45) is 0 Å². The molecule has 0 bridgehead atoms. The Kier molecular flexibility index (Phi) is 6.25. The van der Waals surface area contributed by atoms with Gasteiger partial charge in [0.2, 0.25) is 10.0 Å². The molecule has 0 radical (unpaired) electrons. The summed E-state index contributed by atoms with van der Waals surface area (Å²) in [7, 11) is -3.74. The molecule has 2 aliphatic heterocycles. The van der Waals surface area contributed by atoms with Gasteiger partial charge in [0.25, 0.3) is 5.91 Å². The number of hydrogen-bond donors (Lipinski definition) is 1. The van der Waals surface area contributed by atoms with Crippen LogP contribution in [0.1, 0.15) is 36.2 Å². The number of nitrogens with zero attached hydrogens (tertiary/aromatic N) is 2. The highest BCUT2D eigenvalue weighted by Gasteiger charge is 2.33. The molecule has 0 saturated carbocycles. The number of amides is 1. The van der Waals surface area contributed by atoms with Gasteiger partial charge in [-0.1, -0.05) is 12.1 Å². The Hall–Kier alpha value is -3.01. The van der Waals surface area contributed by atoms with Crippen LogP contribution in [0.25, 0.3) is 16.5 Å². The number of carbonyl (C=O) groups is 1. The summed E-state index contributed by atoms with van der Waals surface area (Å²) in [6.45, 7) is 5.19. The van der Waals surface area contributed by atoms with Crippen LogP contribution in [0.2, 0.25) is 0 Å². The fourth-order valence-corrected chi connectivity index (χ4v) is 6.55. The van der Waals surface area contributed by atoms with Gasteiger partial charge in [-0.05, 0) is 62.2 Å². The summed E-state index contributed by atoms with van der Waals surface area (Å²) in [5, 5.41) is 0.946. The molecule has 1 aromatic heterocycles. The van der Waals surface area contributed by atoms with Gasteiger partial charge >= 0.3 is 0 Å². The summed E-state index contributed by atoms with van der Waals surface area (Å²) in [4.78, 5) is 18.2. The van der Waals surface area contributed by atoms with Crippen molar-refractivity contribution in [2.45, 2.75) is 37.4 Å². The molecule has 2 aliphatic rings. The zero-order valence-corrected chi connectivity index (χ0v) is 20.5. The van der Waals surface area contributed by atoms with Crippen molar-refractivity contribution in [3.8, 4) is 0 Å². The molecule has 2 aromatic carbocycles. The van der Waals surface area contributed by atoms with Gasteiger partial charge in [0.05, 0.1) is 17.1 Å². The van der Waals surface area contributed by atoms with E-state index in [0.29, 0.717) is 25.1 Å². The van der Waals surface area contributed by atoms with Crippen LogP contribution in [0.3, 0.4) is 0 Å². The van der Waals surface area contributed by atoms with Crippen LogP contribution in [0.5, 0.6) is 0 Å². The number of halogens is 1. The topological polar surface area (TPSA) is 82.7 Å². The van der Waals surface area contributed by atoms with Crippen molar-refractivity contribution < 1.29 is 22.3 Å². The van der Waals surface area contributed by atoms with Crippen LogP contribution < -0.4 is 0 Å². The van der Waals surface area contributed by atoms with Crippen molar-refractivity contribution in [1.82, 2.24) is 14.2 Å². The van der Waals surface area contributed by atoms with Crippen molar-refractivity contribution >= 4 is 32.4 Å². The Balaban J connectivity index is 1.33. The average molecular weight is 498 g/mol. The van der Waals surface area contributed by atoms with E-state index in [9.17, 15) is 17.6 Å². The Bertz CT molecular complexity index is 1400. The average Bonchev–Trinajstić information content (AvgIpc) is 3.26. The third-order valence-electron chi connectivity index (χ3n) is 6.59. The molecule has 1 fully saturated rings. The van der Waals surface area contributed by atoms with Gasteiger partial charge in [0, 0.05) is 54.4 Å². The molecule has 184 valence electrons. The number of sulfonamides is 1. The first kappa shape index (κ1) is 23.7. The molecule has 9 heteroatoms. The van der Waals surface area contributed by atoms with E-state index < -0.39 is 10.0 Å². The Morgan fingerprint density at radius 2 is 1.89 bits per heavy atom. The van der Waals surface area contributed by atoms with Gasteiger partial charge in [-0.2, -0.15) is 4.31 Å². The maximum absolute atomic E-state index is 13.5. The molecule has 35 heavy (non-hydrogen) atoms. The van der Waals surface area contributed by atoms with Crippen molar-refractivity contribution in [3.63, 3.8) is 0 Å². The number of benzene rings is 2. The van der Waals surface area contributed by atoms with Crippen LogP contribution >= 0.6 is 0 Å². The molecule has 3 aromatic rings. The molecule has 1 amide bonds. The van der Waals surface area contributed by atoms with E-state index in [-0.39, 0.29) is 41.9 Å². The number of aromatic nitrogens is 1. The third kappa shape index (κ3) is 4.63. The number of fused-ring (bicyclic) bond motifs is 1. The molecular weight excluding hydrogens is 469 g/mol. The first-order valence-electron chi connectivity index (χ1n) is 11.7. The first-order valence-corrected chi connectivity index (χ1v) is 13.2. The second kappa shape index (κ2) is 9.22. The van der Waals surface area contributed by atoms with Crippen molar-refractivity contribution in [3.05, 3.63) is 71.7 Å². The number of rotatable bonds is 4. The number of ether oxygens (including phenoxy) is 1. The number of H-pyrrole nitrogens is 1. The molecule has 1 saturated heterocycles. The van der Waals surface area contributed by atoms with Crippen LogP contribution in [0, 0.1) is 5.82 Å². The highest BCUT2D eigenvalue weighted by molar-refractivity contribution is 7.89. The molecule has 3 heterocycles. The van der Waals surface area contributed by atoms with Crippen molar-refractivity contribution in [2.75, 3.05) is 26.2 Å². The lowest BCUT2D eigenvalue weighted by molar-refractivity contribution is -0.0440. The maximum atomic E-state index is 13.5. The minimum atomic E-state index is -3.74. The van der Waals surface area contributed by atoms with Gasteiger partial charge in [-0.3, -0.25) is 4.79 Å².